The number of likely N-dealkylation sites (tertiary alicyclic amines) is 1. The van der Waals surface area contributed by atoms with E-state index in [4.69, 9.17) is 0 Å². The lowest BCUT2D eigenvalue weighted by Crippen LogP contribution is -2.40. The number of carbonyl (C=O) groups is 2. The zero-order valence-corrected chi connectivity index (χ0v) is 12.1. The molecule has 0 bridgehead atoms. The molecule has 22 heavy (non-hydrogen) atoms. The van der Waals surface area contributed by atoms with Crippen LogP contribution >= 0.6 is 0 Å². The lowest BCUT2D eigenvalue weighted by molar-refractivity contribution is -0.157. The van der Waals surface area contributed by atoms with Gasteiger partial charge in [0.25, 0.3) is 0 Å². The van der Waals surface area contributed by atoms with Gasteiger partial charge in [-0.05, 0) is 18.1 Å². The molecule has 0 aromatic heterocycles. The first-order valence-corrected chi connectivity index (χ1v) is 6.93. The summed E-state index contributed by atoms with van der Waals surface area (Å²) in [5, 5.41) is 2.63. The van der Waals surface area contributed by atoms with E-state index >= 15 is 0 Å². The van der Waals surface area contributed by atoms with Crippen LogP contribution in [0.15, 0.2) is 24.3 Å². The lowest BCUT2D eigenvalue weighted by Gasteiger charge is -2.18. The minimum Gasteiger partial charge on any atom is -0.351 e. The zero-order valence-electron chi connectivity index (χ0n) is 12.1. The SMILES string of the molecule is Cc1ccccc1CC(=O)N[C@@H]1CC(=O)N(CC(F)(F)F)C1. The molecule has 0 aliphatic carbocycles. The number of amides is 2. The van der Waals surface area contributed by atoms with E-state index in [1.54, 1.807) is 0 Å². The number of nitrogens with zero attached hydrogens (tertiary/aromatic N) is 1. The Morgan fingerprint density at radius 1 is 1.36 bits per heavy atom. The molecule has 0 saturated carbocycles. The first-order valence-electron chi connectivity index (χ1n) is 6.93. The van der Waals surface area contributed by atoms with Crippen molar-refractivity contribution in [2.24, 2.45) is 0 Å². The van der Waals surface area contributed by atoms with Gasteiger partial charge in [-0.3, -0.25) is 9.59 Å². The minimum atomic E-state index is -4.42. The van der Waals surface area contributed by atoms with Crippen LogP contribution < -0.4 is 5.32 Å². The van der Waals surface area contributed by atoms with E-state index in [9.17, 15) is 22.8 Å². The molecule has 1 aromatic carbocycles. The van der Waals surface area contributed by atoms with E-state index in [0.29, 0.717) is 0 Å². The molecule has 1 aliphatic heterocycles. The Morgan fingerprint density at radius 2 is 2.05 bits per heavy atom. The molecular weight excluding hydrogens is 297 g/mol. The molecule has 7 heteroatoms. The van der Waals surface area contributed by atoms with Crippen molar-refractivity contribution < 1.29 is 22.8 Å². The Hall–Kier alpha value is -2.05. The van der Waals surface area contributed by atoms with Crippen molar-refractivity contribution in [1.29, 1.82) is 0 Å². The van der Waals surface area contributed by atoms with Gasteiger partial charge in [-0.2, -0.15) is 13.2 Å². The van der Waals surface area contributed by atoms with Gasteiger partial charge in [0.2, 0.25) is 11.8 Å². The van der Waals surface area contributed by atoms with Crippen molar-refractivity contribution in [2.75, 3.05) is 13.1 Å². The summed E-state index contributed by atoms with van der Waals surface area (Å²) in [4.78, 5) is 24.2. The molecule has 1 atom stereocenters. The molecule has 1 fully saturated rings. The number of rotatable bonds is 4. The highest BCUT2D eigenvalue weighted by molar-refractivity contribution is 5.83. The van der Waals surface area contributed by atoms with E-state index in [-0.39, 0.29) is 25.3 Å². The van der Waals surface area contributed by atoms with Crippen LogP contribution in [0.25, 0.3) is 0 Å². The van der Waals surface area contributed by atoms with Crippen molar-refractivity contribution in [2.45, 2.75) is 32.0 Å². The average molecular weight is 314 g/mol. The number of halogens is 3. The largest absolute Gasteiger partial charge is 0.406 e. The molecule has 1 heterocycles. The monoisotopic (exact) mass is 314 g/mol. The van der Waals surface area contributed by atoms with Crippen LogP contribution in [-0.2, 0) is 16.0 Å². The third-order valence-electron chi connectivity index (χ3n) is 3.56. The van der Waals surface area contributed by atoms with E-state index in [1.165, 1.54) is 0 Å². The van der Waals surface area contributed by atoms with Gasteiger partial charge >= 0.3 is 6.18 Å². The fraction of sp³-hybridized carbons (Fsp3) is 0.467. The lowest BCUT2D eigenvalue weighted by atomic mass is 10.1. The van der Waals surface area contributed by atoms with Crippen LogP contribution in [0.1, 0.15) is 17.5 Å². The predicted molar refractivity (Wildman–Crippen MR) is 74.1 cm³/mol. The summed E-state index contributed by atoms with van der Waals surface area (Å²) in [7, 11) is 0. The van der Waals surface area contributed by atoms with Crippen LogP contribution in [0.2, 0.25) is 0 Å². The Balaban J connectivity index is 1.88. The van der Waals surface area contributed by atoms with Gasteiger partial charge in [-0.1, -0.05) is 24.3 Å². The molecule has 1 aliphatic rings. The predicted octanol–water partition coefficient (Wildman–Crippen LogP) is 1.82. The van der Waals surface area contributed by atoms with Crippen LogP contribution in [0.5, 0.6) is 0 Å². The second-order valence-corrected chi connectivity index (χ2v) is 5.46. The quantitative estimate of drug-likeness (QED) is 0.921. The molecule has 0 radical (unpaired) electrons. The van der Waals surface area contributed by atoms with Gasteiger partial charge in [0.05, 0.1) is 12.5 Å². The molecule has 2 rings (SSSR count). The van der Waals surface area contributed by atoms with Gasteiger partial charge in [-0.25, -0.2) is 0 Å². The molecule has 4 nitrogen and oxygen atoms in total. The highest BCUT2D eigenvalue weighted by Crippen LogP contribution is 2.21. The summed E-state index contributed by atoms with van der Waals surface area (Å²) in [5.41, 5.74) is 1.83. The van der Waals surface area contributed by atoms with Gasteiger partial charge in [0, 0.05) is 13.0 Å². The topological polar surface area (TPSA) is 49.4 Å². The molecule has 2 amide bonds. The fourth-order valence-corrected chi connectivity index (χ4v) is 2.50. The number of benzene rings is 1. The van der Waals surface area contributed by atoms with Crippen molar-refractivity contribution in [3.05, 3.63) is 35.4 Å². The maximum Gasteiger partial charge on any atom is 0.406 e. The Bertz CT molecular complexity index is 572. The Kier molecular flexibility index (Phi) is 4.73. The van der Waals surface area contributed by atoms with Crippen molar-refractivity contribution in [3.63, 3.8) is 0 Å². The summed E-state index contributed by atoms with van der Waals surface area (Å²) in [6, 6.07) is 6.82. The maximum absolute atomic E-state index is 12.3. The summed E-state index contributed by atoms with van der Waals surface area (Å²) in [5.74, 6) is -0.875. The molecule has 1 aromatic rings. The van der Waals surface area contributed by atoms with Crippen LogP contribution in [0.3, 0.4) is 0 Å². The Labute approximate surface area is 126 Å². The highest BCUT2D eigenvalue weighted by Gasteiger charge is 2.38. The molecule has 1 saturated heterocycles. The number of aryl methyl sites for hydroxylation is 1. The standard InChI is InChI=1S/C15H17F3N2O2/c1-10-4-2-3-5-11(10)6-13(21)19-12-7-14(22)20(8-12)9-15(16,17)18/h2-5,12H,6-9H2,1H3,(H,19,21)/t12-/m1/s1. The third kappa shape index (κ3) is 4.47. The summed E-state index contributed by atoms with van der Waals surface area (Å²) >= 11 is 0. The van der Waals surface area contributed by atoms with Gasteiger partial charge in [0.15, 0.2) is 0 Å². The van der Waals surface area contributed by atoms with Crippen LogP contribution in [0.4, 0.5) is 13.2 Å². The van der Waals surface area contributed by atoms with Gasteiger partial charge in [-0.15, -0.1) is 0 Å². The molecule has 1 N–H and O–H groups in total. The second kappa shape index (κ2) is 6.37. The highest BCUT2D eigenvalue weighted by atomic mass is 19.4. The summed E-state index contributed by atoms with van der Waals surface area (Å²) < 4.78 is 37.0. The third-order valence-corrected chi connectivity index (χ3v) is 3.56. The van der Waals surface area contributed by atoms with E-state index in [0.717, 1.165) is 16.0 Å². The normalized spacial score (nSPS) is 18.6. The number of alkyl halides is 3. The number of carbonyl (C=O) groups excluding carboxylic acids is 2. The van der Waals surface area contributed by atoms with E-state index < -0.39 is 24.7 Å². The first kappa shape index (κ1) is 16.3. The Morgan fingerprint density at radius 3 is 2.68 bits per heavy atom. The van der Waals surface area contributed by atoms with Crippen LogP contribution in [-0.4, -0.2) is 42.0 Å². The minimum absolute atomic E-state index is 0.0877. The van der Waals surface area contributed by atoms with E-state index in [1.807, 2.05) is 31.2 Å². The first-order chi connectivity index (χ1) is 10.2. The average Bonchev–Trinajstić information content (AvgIpc) is 2.70. The molecule has 0 spiro atoms. The molecular formula is C15H17F3N2O2. The number of nitrogens with one attached hydrogen (secondary N) is 1. The van der Waals surface area contributed by atoms with Crippen LogP contribution in [0, 0.1) is 6.92 Å². The number of hydrogen-bond acceptors (Lipinski definition) is 2. The van der Waals surface area contributed by atoms with Crippen molar-refractivity contribution in [1.82, 2.24) is 10.2 Å². The van der Waals surface area contributed by atoms with Crippen molar-refractivity contribution in [3.8, 4) is 0 Å². The zero-order chi connectivity index (χ0) is 16.3. The van der Waals surface area contributed by atoms with Crippen molar-refractivity contribution >= 4 is 11.8 Å². The number of hydrogen-bond donors (Lipinski definition) is 1. The van der Waals surface area contributed by atoms with E-state index in [2.05, 4.69) is 5.32 Å². The fourth-order valence-electron chi connectivity index (χ4n) is 2.50. The molecule has 0 unspecified atom stereocenters. The summed E-state index contributed by atoms with van der Waals surface area (Å²) in [6.07, 6.45) is -4.36. The maximum atomic E-state index is 12.3. The second-order valence-electron chi connectivity index (χ2n) is 5.46. The summed E-state index contributed by atoms with van der Waals surface area (Å²) in [6.45, 7) is 0.515. The smallest absolute Gasteiger partial charge is 0.351 e. The van der Waals surface area contributed by atoms with Gasteiger partial charge < -0.3 is 10.2 Å². The van der Waals surface area contributed by atoms with Gasteiger partial charge in [0.1, 0.15) is 6.54 Å². The molecule has 120 valence electrons.